The Morgan fingerprint density at radius 3 is 2.43 bits per heavy atom. The van der Waals surface area contributed by atoms with E-state index in [2.05, 4.69) is 15.0 Å². The number of aromatic nitrogens is 4. The van der Waals surface area contributed by atoms with Gasteiger partial charge in [-0.2, -0.15) is 13.2 Å². The average molecular weight is 415 g/mol. The van der Waals surface area contributed by atoms with Crippen LogP contribution in [0.3, 0.4) is 0 Å². The van der Waals surface area contributed by atoms with E-state index in [-0.39, 0.29) is 11.5 Å². The largest absolute Gasteiger partial charge is 0.416 e. The normalized spacial score (nSPS) is 11.6. The molecule has 6 nitrogen and oxygen atoms in total. The van der Waals surface area contributed by atoms with E-state index in [1.54, 1.807) is 0 Å². The molecule has 152 valence electrons. The maximum absolute atomic E-state index is 13.9. The van der Waals surface area contributed by atoms with Crippen LogP contribution in [0.25, 0.3) is 16.9 Å². The molecule has 3 aromatic heterocycles. The molecule has 0 radical (unpaired) electrons. The molecule has 0 unspecified atom stereocenters. The van der Waals surface area contributed by atoms with E-state index >= 15 is 0 Å². The monoisotopic (exact) mass is 415 g/mol. The molecular formula is C20H13F4N5O. The molecule has 0 N–H and O–H groups in total. The van der Waals surface area contributed by atoms with Gasteiger partial charge in [-0.25, -0.2) is 19.3 Å². The lowest BCUT2D eigenvalue weighted by Crippen LogP contribution is -2.29. The number of hydrogen-bond donors (Lipinski definition) is 0. The molecule has 0 atom stereocenters. The number of carbonyl (C=O) groups excluding carboxylic acids is 1. The molecule has 0 aliphatic rings. The number of alkyl halides is 3. The van der Waals surface area contributed by atoms with E-state index in [9.17, 15) is 22.4 Å². The van der Waals surface area contributed by atoms with Crippen molar-refractivity contribution in [3.05, 3.63) is 78.3 Å². The van der Waals surface area contributed by atoms with Gasteiger partial charge in [-0.05, 0) is 24.3 Å². The zero-order valence-electron chi connectivity index (χ0n) is 15.4. The summed E-state index contributed by atoms with van der Waals surface area (Å²) in [5.41, 5.74) is 0.567. The number of nitrogens with zero attached hydrogens (tertiary/aromatic N) is 5. The second-order valence-corrected chi connectivity index (χ2v) is 6.39. The van der Waals surface area contributed by atoms with E-state index in [1.165, 1.54) is 60.5 Å². The van der Waals surface area contributed by atoms with Crippen molar-refractivity contribution in [3.63, 3.8) is 0 Å². The molecule has 0 saturated heterocycles. The van der Waals surface area contributed by atoms with Crippen molar-refractivity contribution in [3.8, 4) is 11.3 Å². The van der Waals surface area contributed by atoms with Gasteiger partial charge in [0.2, 0.25) is 0 Å². The molecule has 1 amide bonds. The third kappa shape index (κ3) is 3.47. The molecular weight excluding hydrogens is 402 g/mol. The summed E-state index contributed by atoms with van der Waals surface area (Å²) < 4.78 is 53.9. The number of benzene rings is 1. The van der Waals surface area contributed by atoms with Gasteiger partial charge in [0.1, 0.15) is 5.69 Å². The van der Waals surface area contributed by atoms with Crippen LogP contribution in [0, 0.1) is 5.82 Å². The van der Waals surface area contributed by atoms with Crippen molar-refractivity contribution in [2.75, 3.05) is 11.9 Å². The SMILES string of the molecule is CN(C(=O)c1cn2c(-c3ccc(C(F)(F)F)cc3)cnc2cn1)c1ncccc1F. The van der Waals surface area contributed by atoms with Crippen molar-refractivity contribution in [1.82, 2.24) is 19.4 Å². The fourth-order valence-electron chi connectivity index (χ4n) is 2.94. The van der Waals surface area contributed by atoms with Crippen LogP contribution in [0.4, 0.5) is 23.4 Å². The summed E-state index contributed by atoms with van der Waals surface area (Å²) in [4.78, 5) is 25.9. The molecule has 30 heavy (non-hydrogen) atoms. The first-order chi connectivity index (χ1) is 14.3. The highest BCUT2D eigenvalue weighted by atomic mass is 19.4. The summed E-state index contributed by atoms with van der Waals surface area (Å²) in [7, 11) is 1.37. The summed E-state index contributed by atoms with van der Waals surface area (Å²) >= 11 is 0. The van der Waals surface area contributed by atoms with Crippen LogP contribution in [0.2, 0.25) is 0 Å². The van der Waals surface area contributed by atoms with Gasteiger partial charge in [0, 0.05) is 25.0 Å². The summed E-state index contributed by atoms with van der Waals surface area (Å²) in [6.45, 7) is 0. The fraction of sp³-hybridized carbons (Fsp3) is 0.100. The lowest BCUT2D eigenvalue weighted by molar-refractivity contribution is -0.137. The Morgan fingerprint density at radius 1 is 1.03 bits per heavy atom. The van der Waals surface area contributed by atoms with Gasteiger partial charge in [-0.3, -0.25) is 14.1 Å². The van der Waals surface area contributed by atoms with E-state index in [4.69, 9.17) is 0 Å². The molecule has 4 rings (SSSR count). The quantitative estimate of drug-likeness (QED) is 0.470. The fourth-order valence-corrected chi connectivity index (χ4v) is 2.94. The molecule has 0 aliphatic heterocycles. The predicted octanol–water partition coefficient (Wildman–Crippen LogP) is 4.23. The number of fused-ring (bicyclic) bond motifs is 1. The summed E-state index contributed by atoms with van der Waals surface area (Å²) in [5, 5.41) is 0. The summed E-state index contributed by atoms with van der Waals surface area (Å²) in [6.07, 6.45) is 1.14. The van der Waals surface area contributed by atoms with Gasteiger partial charge < -0.3 is 0 Å². The Balaban J connectivity index is 1.71. The van der Waals surface area contributed by atoms with E-state index in [0.717, 1.165) is 17.0 Å². The lowest BCUT2D eigenvalue weighted by atomic mass is 10.1. The highest BCUT2D eigenvalue weighted by Gasteiger charge is 2.30. The van der Waals surface area contributed by atoms with Gasteiger partial charge in [0.05, 0.1) is 23.7 Å². The number of anilines is 1. The number of pyridine rings is 1. The van der Waals surface area contributed by atoms with Crippen LogP contribution >= 0.6 is 0 Å². The number of imidazole rings is 1. The number of amides is 1. The molecule has 0 saturated carbocycles. The molecule has 3 heterocycles. The smallest absolute Gasteiger partial charge is 0.296 e. The van der Waals surface area contributed by atoms with Crippen molar-refractivity contribution in [2.24, 2.45) is 0 Å². The number of halogens is 4. The molecule has 4 aromatic rings. The third-order valence-corrected chi connectivity index (χ3v) is 4.48. The average Bonchev–Trinajstić information content (AvgIpc) is 3.16. The van der Waals surface area contributed by atoms with Crippen molar-refractivity contribution in [2.45, 2.75) is 6.18 Å². The number of carbonyl (C=O) groups is 1. The molecule has 0 bridgehead atoms. The highest BCUT2D eigenvalue weighted by molar-refractivity contribution is 6.03. The Morgan fingerprint density at radius 2 is 1.77 bits per heavy atom. The van der Waals surface area contributed by atoms with Gasteiger partial charge >= 0.3 is 6.18 Å². The van der Waals surface area contributed by atoms with Crippen molar-refractivity contribution < 1.29 is 22.4 Å². The number of hydrogen-bond acceptors (Lipinski definition) is 4. The highest BCUT2D eigenvalue weighted by Crippen LogP contribution is 2.31. The van der Waals surface area contributed by atoms with E-state index < -0.39 is 23.5 Å². The Bertz CT molecular complexity index is 1230. The van der Waals surface area contributed by atoms with Gasteiger partial charge in [-0.1, -0.05) is 12.1 Å². The minimum absolute atomic E-state index is 0.0128. The van der Waals surface area contributed by atoms with Crippen LogP contribution in [0.5, 0.6) is 0 Å². The lowest BCUT2D eigenvalue weighted by Gasteiger charge is -2.16. The zero-order valence-corrected chi connectivity index (χ0v) is 15.4. The maximum Gasteiger partial charge on any atom is 0.416 e. The standard InChI is InChI=1S/C20H13F4N5O/c1-28(18-14(21)3-2-8-25-18)19(30)15-11-29-16(9-27-17(29)10-26-15)12-4-6-13(7-5-12)20(22,23)24/h2-11H,1H3. The Kier molecular flexibility index (Phi) is 4.69. The van der Waals surface area contributed by atoms with E-state index in [1.807, 2.05) is 0 Å². The second kappa shape index (κ2) is 7.21. The third-order valence-electron chi connectivity index (χ3n) is 4.48. The first kappa shape index (κ1) is 19.5. The van der Waals surface area contributed by atoms with Crippen molar-refractivity contribution >= 4 is 17.4 Å². The predicted molar refractivity (Wildman–Crippen MR) is 100 cm³/mol. The molecule has 1 aromatic carbocycles. The topological polar surface area (TPSA) is 63.4 Å². The van der Waals surface area contributed by atoms with Crippen LogP contribution in [0.1, 0.15) is 16.1 Å². The molecule has 0 aliphatic carbocycles. The first-order valence-corrected chi connectivity index (χ1v) is 8.65. The van der Waals surface area contributed by atoms with Gasteiger partial charge in [-0.15, -0.1) is 0 Å². The minimum atomic E-state index is -4.44. The van der Waals surface area contributed by atoms with Crippen LogP contribution in [0.15, 0.2) is 61.2 Å². The maximum atomic E-state index is 13.9. The molecule has 0 spiro atoms. The van der Waals surface area contributed by atoms with Gasteiger partial charge in [0.25, 0.3) is 5.91 Å². The van der Waals surface area contributed by atoms with Crippen LogP contribution in [-0.2, 0) is 6.18 Å². The Labute approximate surface area is 167 Å². The van der Waals surface area contributed by atoms with Crippen LogP contribution in [-0.4, -0.2) is 32.3 Å². The first-order valence-electron chi connectivity index (χ1n) is 8.65. The van der Waals surface area contributed by atoms with Crippen molar-refractivity contribution in [1.29, 1.82) is 0 Å². The molecule has 10 heteroatoms. The van der Waals surface area contributed by atoms with Crippen LogP contribution < -0.4 is 4.90 Å². The molecule has 0 fully saturated rings. The number of rotatable bonds is 3. The second-order valence-electron chi connectivity index (χ2n) is 6.39. The minimum Gasteiger partial charge on any atom is -0.296 e. The Hall–Kier alpha value is -3.82. The van der Waals surface area contributed by atoms with E-state index in [0.29, 0.717) is 16.9 Å². The summed E-state index contributed by atoms with van der Waals surface area (Å²) in [5.74, 6) is -1.43. The summed E-state index contributed by atoms with van der Waals surface area (Å²) in [6, 6.07) is 7.18. The zero-order chi connectivity index (χ0) is 21.5. The van der Waals surface area contributed by atoms with Gasteiger partial charge in [0.15, 0.2) is 17.3 Å².